The van der Waals surface area contributed by atoms with Gasteiger partial charge < -0.3 is 5.73 Å². The van der Waals surface area contributed by atoms with Crippen molar-refractivity contribution in [2.75, 3.05) is 13.6 Å². The van der Waals surface area contributed by atoms with E-state index in [1.54, 1.807) is 0 Å². The molecule has 2 atom stereocenters. The summed E-state index contributed by atoms with van der Waals surface area (Å²) in [7, 11) is 2.19. The molecule has 0 bridgehead atoms. The van der Waals surface area contributed by atoms with Gasteiger partial charge in [0.1, 0.15) is 0 Å². The van der Waals surface area contributed by atoms with Gasteiger partial charge in [-0.25, -0.2) is 0 Å². The fourth-order valence-electron chi connectivity index (χ4n) is 2.44. The van der Waals surface area contributed by atoms with Gasteiger partial charge in [0, 0.05) is 18.6 Å². The van der Waals surface area contributed by atoms with Crippen LogP contribution in [-0.4, -0.2) is 24.5 Å². The van der Waals surface area contributed by atoms with Gasteiger partial charge in [-0.1, -0.05) is 31.5 Å². The maximum Gasteiger partial charge on any atom is 0.0470 e. The SMILES string of the molecule is CCCC(C)N(C)C(CN)c1ccc(C)c(C)c1. The molecule has 0 aliphatic carbocycles. The Morgan fingerprint density at radius 1 is 1.22 bits per heavy atom. The van der Waals surface area contributed by atoms with Crippen molar-refractivity contribution in [1.29, 1.82) is 0 Å². The first-order valence-electron chi connectivity index (χ1n) is 7.00. The number of aryl methyl sites for hydroxylation is 2. The van der Waals surface area contributed by atoms with Crippen LogP contribution in [0.3, 0.4) is 0 Å². The topological polar surface area (TPSA) is 29.3 Å². The Balaban J connectivity index is 2.91. The number of likely N-dealkylation sites (N-methyl/N-ethyl adjacent to an activating group) is 1. The summed E-state index contributed by atoms with van der Waals surface area (Å²) in [5, 5.41) is 0. The molecule has 1 aromatic rings. The number of benzene rings is 1. The summed E-state index contributed by atoms with van der Waals surface area (Å²) < 4.78 is 0. The van der Waals surface area contributed by atoms with Gasteiger partial charge in [0.25, 0.3) is 0 Å². The van der Waals surface area contributed by atoms with E-state index < -0.39 is 0 Å². The van der Waals surface area contributed by atoms with Gasteiger partial charge in [0.15, 0.2) is 0 Å². The van der Waals surface area contributed by atoms with Crippen LogP contribution >= 0.6 is 0 Å². The van der Waals surface area contributed by atoms with E-state index in [-0.39, 0.29) is 0 Å². The second-order valence-corrected chi connectivity index (χ2v) is 5.40. The minimum Gasteiger partial charge on any atom is -0.329 e. The lowest BCUT2D eigenvalue weighted by Gasteiger charge is -2.33. The Bertz CT molecular complexity index is 373. The van der Waals surface area contributed by atoms with E-state index in [9.17, 15) is 0 Å². The van der Waals surface area contributed by atoms with E-state index in [2.05, 4.69) is 57.8 Å². The lowest BCUT2D eigenvalue weighted by Crippen LogP contribution is -2.37. The zero-order chi connectivity index (χ0) is 13.7. The number of nitrogens with two attached hydrogens (primary N) is 1. The van der Waals surface area contributed by atoms with Gasteiger partial charge >= 0.3 is 0 Å². The van der Waals surface area contributed by atoms with Crippen LogP contribution in [0.15, 0.2) is 18.2 Å². The van der Waals surface area contributed by atoms with E-state index in [1.165, 1.54) is 29.5 Å². The quantitative estimate of drug-likeness (QED) is 0.836. The number of hydrogen-bond donors (Lipinski definition) is 1. The predicted molar refractivity (Wildman–Crippen MR) is 79.8 cm³/mol. The Morgan fingerprint density at radius 2 is 1.89 bits per heavy atom. The van der Waals surface area contributed by atoms with Gasteiger partial charge in [-0.05, 0) is 50.9 Å². The molecular weight excluding hydrogens is 220 g/mol. The van der Waals surface area contributed by atoms with Crippen LogP contribution in [0.25, 0.3) is 0 Å². The molecule has 1 aromatic carbocycles. The Labute approximate surface area is 112 Å². The minimum absolute atomic E-state index is 0.325. The van der Waals surface area contributed by atoms with Crippen molar-refractivity contribution in [3.63, 3.8) is 0 Å². The monoisotopic (exact) mass is 248 g/mol. The summed E-state index contributed by atoms with van der Waals surface area (Å²) in [5.41, 5.74) is 10.0. The molecule has 0 heterocycles. The highest BCUT2D eigenvalue weighted by Crippen LogP contribution is 2.23. The van der Waals surface area contributed by atoms with Crippen molar-refractivity contribution in [2.45, 2.75) is 52.6 Å². The van der Waals surface area contributed by atoms with Crippen molar-refractivity contribution in [1.82, 2.24) is 4.90 Å². The third-order valence-electron chi connectivity index (χ3n) is 4.03. The summed E-state index contributed by atoms with van der Waals surface area (Å²) in [6.07, 6.45) is 2.44. The molecule has 102 valence electrons. The highest BCUT2D eigenvalue weighted by molar-refractivity contribution is 5.32. The van der Waals surface area contributed by atoms with Crippen molar-refractivity contribution >= 4 is 0 Å². The number of nitrogens with zero attached hydrogens (tertiary/aromatic N) is 1. The van der Waals surface area contributed by atoms with Gasteiger partial charge in [-0.15, -0.1) is 0 Å². The molecule has 2 N–H and O–H groups in total. The molecule has 0 amide bonds. The molecule has 18 heavy (non-hydrogen) atoms. The van der Waals surface area contributed by atoms with E-state index >= 15 is 0 Å². The molecule has 0 aliphatic heterocycles. The molecule has 1 rings (SSSR count). The molecule has 0 saturated heterocycles. The van der Waals surface area contributed by atoms with E-state index in [4.69, 9.17) is 5.73 Å². The van der Waals surface area contributed by atoms with Crippen LogP contribution in [0.2, 0.25) is 0 Å². The first kappa shape index (κ1) is 15.2. The molecule has 2 unspecified atom stereocenters. The standard InChI is InChI=1S/C16H28N2/c1-6-7-14(4)18(5)16(11-17)15-9-8-12(2)13(3)10-15/h8-10,14,16H,6-7,11,17H2,1-5H3. The van der Waals surface area contributed by atoms with Crippen LogP contribution in [0, 0.1) is 13.8 Å². The smallest absolute Gasteiger partial charge is 0.0470 e. The molecule has 0 saturated carbocycles. The number of rotatable bonds is 6. The van der Waals surface area contributed by atoms with E-state index in [0.717, 1.165) is 0 Å². The second-order valence-electron chi connectivity index (χ2n) is 5.40. The van der Waals surface area contributed by atoms with Crippen LogP contribution in [-0.2, 0) is 0 Å². The Hall–Kier alpha value is -0.860. The molecule has 0 aliphatic rings. The maximum absolute atomic E-state index is 5.99. The van der Waals surface area contributed by atoms with Crippen molar-refractivity contribution in [3.8, 4) is 0 Å². The summed E-state index contributed by atoms with van der Waals surface area (Å²) in [5.74, 6) is 0. The number of hydrogen-bond acceptors (Lipinski definition) is 2. The largest absolute Gasteiger partial charge is 0.329 e. The Kier molecular flexibility index (Phi) is 5.83. The van der Waals surface area contributed by atoms with E-state index in [1.807, 2.05) is 0 Å². The van der Waals surface area contributed by atoms with Crippen LogP contribution in [0.5, 0.6) is 0 Å². The third kappa shape index (κ3) is 3.56. The zero-order valence-electron chi connectivity index (χ0n) is 12.5. The summed E-state index contributed by atoms with van der Waals surface area (Å²) in [6, 6.07) is 7.60. The molecule has 0 fully saturated rings. The lowest BCUT2D eigenvalue weighted by molar-refractivity contribution is 0.180. The summed E-state index contributed by atoms with van der Waals surface area (Å²) in [4.78, 5) is 2.41. The third-order valence-corrected chi connectivity index (χ3v) is 4.03. The van der Waals surface area contributed by atoms with Crippen LogP contribution in [0.1, 0.15) is 49.4 Å². The van der Waals surface area contributed by atoms with Gasteiger partial charge in [-0.2, -0.15) is 0 Å². The first-order chi connectivity index (χ1) is 8.51. The fourth-order valence-corrected chi connectivity index (χ4v) is 2.44. The van der Waals surface area contributed by atoms with Crippen molar-refractivity contribution in [3.05, 3.63) is 34.9 Å². The summed E-state index contributed by atoms with van der Waals surface area (Å²) >= 11 is 0. The average molecular weight is 248 g/mol. The van der Waals surface area contributed by atoms with Gasteiger partial charge in [-0.3, -0.25) is 4.90 Å². The molecule has 0 spiro atoms. The summed E-state index contributed by atoms with van der Waals surface area (Å²) in [6.45, 7) is 9.51. The lowest BCUT2D eigenvalue weighted by atomic mass is 9.98. The molecule has 0 aromatic heterocycles. The van der Waals surface area contributed by atoms with Crippen LogP contribution in [0.4, 0.5) is 0 Å². The van der Waals surface area contributed by atoms with Crippen molar-refractivity contribution in [2.24, 2.45) is 5.73 Å². The first-order valence-corrected chi connectivity index (χ1v) is 7.00. The van der Waals surface area contributed by atoms with Crippen LogP contribution < -0.4 is 5.73 Å². The molecule has 2 heteroatoms. The average Bonchev–Trinajstić information content (AvgIpc) is 2.34. The van der Waals surface area contributed by atoms with Gasteiger partial charge in [0.2, 0.25) is 0 Å². The minimum atomic E-state index is 0.325. The molecular formula is C16H28N2. The maximum atomic E-state index is 5.99. The predicted octanol–water partition coefficient (Wildman–Crippen LogP) is 3.42. The highest BCUT2D eigenvalue weighted by atomic mass is 15.2. The van der Waals surface area contributed by atoms with Gasteiger partial charge in [0.05, 0.1) is 0 Å². The highest BCUT2D eigenvalue weighted by Gasteiger charge is 2.19. The normalized spacial score (nSPS) is 14.8. The Morgan fingerprint density at radius 3 is 2.39 bits per heavy atom. The van der Waals surface area contributed by atoms with Crippen molar-refractivity contribution < 1.29 is 0 Å². The fraction of sp³-hybridized carbons (Fsp3) is 0.625. The second kappa shape index (κ2) is 6.91. The zero-order valence-corrected chi connectivity index (χ0v) is 12.5. The molecule has 0 radical (unpaired) electrons. The van der Waals surface area contributed by atoms with E-state index in [0.29, 0.717) is 18.6 Å². The molecule has 2 nitrogen and oxygen atoms in total.